The van der Waals surface area contributed by atoms with Gasteiger partial charge in [-0.05, 0) is 30.5 Å². The maximum absolute atomic E-state index is 12.8. The van der Waals surface area contributed by atoms with Crippen molar-refractivity contribution in [3.05, 3.63) is 23.3 Å². The van der Waals surface area contributed by atoms with Crippen molar-refractivity contribution in [3.63, 3.8) is 0 Å². The third-order valence-electron chi connectivity index (χ3n) is 3.37. The lowest BCUT2D eigenvalue weighted by molar-refractivity contribution is -0.140. The van der Waals surface area contributed by atoms with E-state index in [4.69, 9.17) is 9.47 Å². The van der Waals surface area contributed by atoms with Crippen LogP contribution < -0.4 is 9.47 Å². The summed E-state index contributed by atoms with van der Waals surface area (Å²) in [5, 5.41) is 9.31. The van der Waals surface area contributed by atoms with Gasteiger partial charge >= 0.3 is 5.97 Å². The van der Waals surface area contributed by atoms with E-state index in [1.165, 1.54) is 20.3 Å². The van der Waals surface area contributed by atoms with Crippen molar-refractivity contribution < 1.29 is 23.8 Å². The smallest absolute Gasteiger partial charge is 0.314 e. The molecule has 5 heteroatoms. The molecule has 0 unspecified atom stereocenters. The summed E-state index contributed by atoms with van der Waals surface area (Å²) in [6.45, 7) is -0.664. The van der Waals surface area contributed by atoms with Crippen molar-refractivity contribution in [3.8, 4) is 11.5 Å². The fourth-order valence-corrected chi connectivity index (χ4v) is 2.18. The average molecular weight is 254 g/mol. The Labute approximate surface area is 104 Å². The first-order valence-corrected chi connectivity index (χ1v) is 5.64. The van der Waals surface area contributed by atoms with E-state index < -0.39 is 18.1 Å². The van der Waals surface area contributed by atoms with Gasteiger partial charge < -0.3 is 14.6 Å². The summed E-state index contributed by atoms with van der Waals surface area (Å²) in [5.74, 6) is -0.149. The van der Waals surface area contributed by atoms with Gasteiger partial charge in [0.15, 0.2) is 11.5 Å². The molecule has 0 aliphatic heterocycles. The van der Waals surface area contributed by atoms with Gasteiger partial charge in [-0.25, -0.2) is 4.39 Å². The number of carboxylic acid groups (broad SMARTS) is 1. The minimum atomic E-state index is -0.941. The zero-order valence-corrected chi connectivity index (χ0v) is 10.3. The Balaban J connectivity index is 2.61. The van der Waals surface area contributed by atoms with Crippen molar-refractivity contribution in [2.75, 3.05) is 14.2 Å². The van der Waals surface area contributed by atoms with Crippen LogP contribution in [0.2, 0.25) is 0 Å². The molecular formula is C13H15FO4. The first-order chi connectivity index (χ1) is 8.58. The van der Waals surface area contributed by atoms with E-state index in [1.54, 1.807) is 6.07 Å². The predicted molar refractivity (Wildman–Crippen MR) is 62.9 cm³/mol. The molecular weight excluding hydrogens is 239 g/mol. The van der Waals surface area contributed by atoms with Gasteiger partial charge in [-0.15, -0.1) is 0 Å². The van der Waals surface area contributed by atoms with Crippen molar-refractivity contribution in [2.24, 2.45) is 0 Å². The van der Waals surface area contributed by atoms with E-state index in [2.05, 4.69) is 0 Å². The summed E-state index contributed by atoms with van der Waals surface area (Å²) < 4.78 is 23.2. The number of methoxy groups -OCH3 is 2. The predicted octanol–water partition coefficient (Wildman–Crippen LogP) is 2.29. The molecule has 1 fully saturated rings. The highest BCUT2D eigenvalue weighted by Gasteiger charge is 2.54. The van der Waals surface area contributed by atoms with Crippen molar-refractivity contribution >= 4 is 5.97 Å². The second kappa shape index (κ2) is 4.48. The molecule has 0 aromatic heterocycles. The van der Waals surface area contributed by atoms with E-state index in [9.17, 15) is 14.3 Å². The lowest BCUT2D eigenvalue weighted by atomic mass is 9.93. The summed E-state index contributed by atoms with van der Waals surface area (Å²) in [4.78, 5) is 11.4. The number of rotatable bonds is 5. The van der Waals surface area contributed by atoms with Gasteiger partial charge in [-0.2, -0.15) is 0 Å². The van der Waals surface area contributed by atoms with Crippen molar-refractivity contribution in [1.82, 2.24) is 0 Å². The Hall–Kier alpha value is -1.78. The normalized spacial score (nSPS) is 16.2. The molecule has 98 valence electrons. The molecule has 1 aliphatic carbocycles. The van der Waals surface area contributed by atoms with Crippen LogP contribution in [-0.2, 0) is 16.9 Å². The summed E-state index contributed by atoms with van der Waals surface area (Å²) in [6, 6.07) is 3.09. The monoisotopic (exact) mass is 254 g/mol. The molecule has 0 radical (unpaired) electrons. The Bertz CT molecular complexity index is 480. The molecule has 0 heterocycles. The van der Waals surface area contributed by atoms with Crippen LogP contribution in [0.15, 0.2) is 12.1 Å². The van der Waals surface area contributed by atoms with E-state index in [-0.39, 0.29) is 0 Å². The van der Waals surface area contributed by atoms with Crippen LogP contribution in [0.25, 0.3) is 0 Å². The van der Waals surface area contributed by atoms with Crippen molar-refractivity contribution in [1.29, 1.82) is 0 Å². The number of alkyl halides is 1. The Morgan fingerprint density at radius 1 is 1.39 bits per heavy atom. The summed E-state index contributed by atoms with van der Waals surface area (Å²) >= 11 is 0. The minimum absolute atomic E-state index is 0.371. The number of carbonyl (C=O) groups is 1. The second-order valence-electron chi connectivity index (χ2n) is 4.40. The SMILES string of the molecule is COc1cc(CF)cc(C2(C(=O)O)CC2)c1OC. The Morgan fingerprint density at radius 2 is 2.06 bits per heavy atom. The topological polar surface area (TPSA) is 55.8 Å². The van der Waals surface area contributed by atoms with Gasteiger partial charge in [-0.3, -0.25) is 4.79 Å². The molecule has 0 amide bonds. The molecule has 2 rings (SSSR count). The fraction of sp³-hybridized carbons (Fsp3) is 0.462. The lowest BCUT2D eigenvalue weighted by Gasteiger charge is -2.18. The number of aliphatic carboxylic acids is 1. The zero-order valence-electron chi connectivity index (χ0n) is 10.3. The molecule has 4 nitrogen and oxygen atoms in total. The van der Waals surface area contributed by atoms with Gasteiger partial charge in [0, 0.05) is 5.56 Å². The number of halogens is 1. The molecule has 1 N–H and O–H groups in total. The van der Waals surface area contributed by atoms with Crippen molar-refractivity contribution in [2.45, 2.75) is 24.9 Å². The summed E-state index contributed by atoms with van der Waals surface area (Å²) in [5.41, 5.74) is -0.0382. The first-order valence-electron chi connectivity index (χ1n) is 5.64. The van der Waals surface area contributed by atoms with Crippen LogP contribution in [-0.4, -0.2) is 25.3 Å². The van der Waals surface area contributed by atoms with Crippen LogP contribution in [0.5, 0.6) is 11.5 Å². The van der Waals surface area contributed by atoms with Crippen LogP contribution in [0.1, 0.15) is 24.0 Å². The standard InChI is InChI=1S/C13H15FO4/c1-17-10-6-8(7-14)5-9(11(10)18-2)13(3-4-13)12(15)16/h5-6H,3-4,7H2,1-2H3,(H,15,16). The summed E-state index contributed by atoms with van der Waals surface area (Å²) in [7, 11) is 2.90. The molecule has 1 saturated carbocycles. The van der Waals surface area contributed by atoms with Crippen LogP contribution in [0.3, 0.4) is 0 Å². The lowest BCUT2D eigenvalue weighted by Crippen LogP contribution is -2.21. The second-order valence-corrected chi connectivity index (χ2v) is 4.40. The average Bonchev–Trinajstić information content (AvgIpc) is 3.18. The molecule has 0 spiro atoms. The highest BCUT2D eigenvalue weighted by molar-refractivity contribution is 5.86. The third kappa shape index (κ3) is 1.79. The molecule has 1 aromatic rings. The quantitative estimate of drug-likeness (QED) is 0.875. The number of ether oxygens (including phenoxy) is 2. The molecule has 0 bridgehead atoms. The maximum Gasteiger partial charge on any atom is 0.314 e. The van der Waals surface area contributed by atoms with Gasteiger partial charge in [0.1, 0.15) is 6.67 Å². The third-order valence-corrected chi connectivity index (χ3v) is 3.37. The number of benzene rings is 1. The first kappa shape index (κ1) is 12.7. The highest BCUT2D eigenvalue weighted by Crippen LogP contribution is 2.53. The highest BCUT2D eigenvalue weighted by atomic mass is 19.1. The molecule has 0 atom stereocenters. The molecule has 0 saturated heterocycles. The molecule has 1 aromatic carbocycles. The van der Waals surface area contributed by atoms with Gasteiger partial charge in [0.25, 0.3) is 0 Å². The molecule has 18 heavy (non-hydrogen) atoms. The fourth-order valence-electron chi connectivity index (χ4n) is 2.18. The van der Waals surface area contributed by atoms with E-state index >= 15 is 0 Å². The summed E-state index contributed by atoms with van der Waals surface area (Å²) in [6.07, 6.45) is 1.08. The van der Waals surface area contributed by atoms with Crippen LogP contribution in [0, 0.1) is 0 Å². The van der Waals surface area contributed by atoms with Crippen LogP contribution >= 0.6 is 0 Å². The van der Waals surface area contributed by atoms with Gasteiger partial charge in [0.05, 0.1) is 19.6 Å². The minimum Gasteiger partial charge on any atom is -0.493 e. The number of hydrogen-bond acceptors (Lipinski definition) is 3. The van der Waals surface area contributed by atoms with Gasteiger partial charge in [-0.1, -0.05) is 0 Å². The maximum atomic E-state index is 12.8. The number of carboxylic acids is 1. The van der Waals surface area contributed by atoms with Crippen LogP contribution in [0.4, 0.5) is 4.39 Å². The zero-order chi connectivity index (χ0) is 13.3. The largest absolute Gasteiger partial charge is 0.493 e. The van der Waals surface area contributed by atoms with E-state index in [1.807, 2.05) is 0 Å². The Morgan fingerprint density at radius 3 is 2.44 bits per heavy atom. The number of hydrogen-bond donors (Lipinski definition) is 1. The van der Waals surface area contributed by atoms with E-state index in [0.29, 0.717) is 35.5 Å². The molecule has 1 aliphatic rings. The van der Waals surface area contributed by atoms with E-state index in [0.717, 1.165) is 0 Å². The van der Waals surface area contributed by atoms with Gasteiger partial charge in [0.2, 0.25) is 0 Å². The Kier molecular flexibility index (Phi) is 3.15.